The van der Waals surface area contributed by atoms with E-state index in [4.69, 9.17) is 38.8 Å². The highest BCUT2D eigenvalue weighted by Crippen LogP contribution is 2.32. The van der Waals surface area contributed by atoms with Gasteiger partial charge in [-0.05, 0) is 47.1 Å². The van der Waals surface area contributed by atoms with Crippen LogP contribution in [-0.2, 0) is 6.42 Å². The zero-order valence-corrected chi connectivity index (χ0v) is 19.6. The average molecular weight is 467 g/mol. The molecule has 3 aromatic rings. The molecule has 0 heterocycles. The summed E-state index contributed by atoms with van der Waals surface area (Å²) in [7, 11) is 0. The van der Waals surface area contributed by atoms with E-state index in [9.17, 15) is 0 Å². The third-order valence-corrected chi connectivity index (χ3v) is 4.67. The van der Waals surface area contributed by atoms with E-state index in [2.05, 4.69) is 78.9 Å². The maximum Gasteiger partial charge on any atom is 0.181 e. The van der Waals surface area contributed by atoms with Gasteiger partial charge in [-0.25, -0.2) is 0 Å². The third-order valence-electron chi connectivity index (χ3n) is 4.67. The van der Waals surface area contributed by atoms with E-state index in [-0.39, 0.29) is 5.34 Å². The average Bonchev–Trinajstić information content (AvgIpc) is 2.85. The Hall–Kier alpha value is -2.82. The van der Waals surface area contributed by atoms with Gasteiger partial charge in [0.05, 0.1) is 5.34 Å². The number of hydrogen-bond donors (Lipinski definition) is 1. The molecule has 0 saturated heterocycles. The van der Waals surface area contributed by atoms with Crippen molar-refractivity contribution in [3.8, 4) is 34.4 Å². The van der Waals surface area contributed by atoms with Crippen LogP contribution in [-0.4, -0.2) is 17.1 Å². The van der Waals surface area contributed by atoms with Crippen molar-refractivity contribution in [2.24, 2.45) is 0 Å². The van der Waals surface area contributed by atoms with Gasteiger partial charge in [0.1, 0.15) is 0 Å². The number of aryl methyl sites for hydroxylation is 1. The summed E-state index contributed by atoms with van der Waals surface area (Å²) in [6, 6.07) is 30.6. The summed E-state index contributed by atoms with van der Waals surface area (Å²) in [5.41, 5.74) is 6.50. The first-order chi connectivity index (χ1) is 15.7. The van der Waals surface area contributed by atoms with Crippen LogP contribution in [0.2, 0.25) is 0 Å². The van der Waals surface area contributed by atoms with Crippen molar-refractivity contribution >= 4 is 23.2 Å². The topological polar surface area (TPSA) is 67.8 Å². The first-order valence-corrected chi connectivity index (χ1v) is 11.5. The van der Waals surface area contributed by atoms with Crippen molar-refractivity contribution in [1.82, 2.24) is 0 Å². The van der Waals surface area contributed by atoms with Crippen molar-refractivity contribution in [2.45, 2.75) is 32.1 Å². The van der Waals surface area contributed by atoms with E-state index in [1.54, 1.807) is 0 Å². The van der Waals surface area contributed by atoms with Crippen molar-refractivity contribution < 1.29 is 5.11 Å². The number of benzene rings is 3. The maximum absolute atomic E-state index is 8.87. The predicted octanol–water partition coefficient (Wildman–Crippen LogP) is 7.57. The Labute approximate surface area is 201 Å². The summed E-state index contributed by atoms with van der Waals surface area (Å²) in [6.07, 6.45) is 5.51. The maximum atomic E-state index is 8.87. The van der Waals surface area contributed by atoms with Gasteiger partial charge in [0, 0.05) is 6.61 Å². The highest BCUT2D eigenvalue weighted by atomic mass is 35.5. The van der Waals surface area contributed by atoms with Gasteiger partial charge in [-0.2, -0.15) is 10.5 Å². The second-order valence-corrected chi connectivity index (χ2v) is 7.63. The van der Waals surface area contributed by atoms with Gasteiger partial charge in [-0.15, -0.1) is 23.2 Å². The number of nitriles is 2. The molecule has 5 heteroatoms. The fraction of sp³-hybridized carbons (Fsp3) is 0.259. The summed E-state index contributed by atoms with van der Waals surface area (Å²) >= 11 is 9.53. The second kappa shape index (κ2) is 17.8. The number of hydrogen-bond acceptors (Lipinski definition) is 3. The molecule has 0 spiro atoms. The highest BCUT2D eigenvalue weighted by molar-refractivity contribution is 6.40. The standard InChI is InChI=1S/C24H26O.C2N2.CH2Cl2/c25-18-9-2-1-4-11-20-12-10-15-22(19-20)24-17-8-7-16-23(24)21-13-5-3-6-14-21;3-1-2-4;2-1-3/h3,5-8,10,12-17,19,25H,1-2,4,9,11,18H2;;1H2. The molecule has 0 aromatic heterocycles. The number of unbranched alkanes of at least 4 members (excludes halogenated alkanes) is 3. The molecule has 3 nitrogen and oxygen atoms in total. The lowest BCUT2D eigenvalue weighted by atomic mass is 9.93. The van der Waals surface area contributed by atoms with E-state index in [0.29, 0.717) is 6.61 Å². The first kappa shape index (κ1) is 27.2. The molecule has 3 aromatic carbocycles. The fourth-order valence-electron chi connectivity index (χ4n) is 3.29. The second-order valence-electron chi connectivity index (χ2n) is 6.82. The Balaban J connectivity index is 0.000000645. The van der Waals surface area contributed by atoms with E-state index >= 15 is 0 Å². The van der Waals surface area contributed by atoms with E-state index in [0.717, 1.165) is 19.3 Å². The molecule has 32 heavy (non-hydrogen) atoms. The zero-order chi connectivity index (χ0) is 23.4. The Bertz CT molecular complexity index is 967. The number of rotatable bonds is 8. The Morgan fingerprint density at radius 1 is 0.656 bits per heavy atom. The van der Waals surface area contributed by atoms with Gasteiger partial charge in [0.2, 0.25) is 0 Å². The molecular formula is C27H28Cl2N2O. The van der Waals surface area contributed by atoms with Crippen LogP contribution in [0.3, 0.4) is 0 Å². The molecule has 0 aliphatic heterocycles. The summed E-state index contributed by atoms with van der Waals surface area (Å²) in [5.74, 6) is 0. The quantitative estimate of drug-likeness (QED) is 0.274. The number of halogens is 2. The highest BCUT2D eigenvalue weighted by Gasteiger charge is 2.07. The Kier molecular flexibility index (Phi) is 15.2. The Morgan fingerprint density at radius 2 is 1.19 bits per heavy atom. The number of aliphatic hydroxyl groups excluding tert-OH is 1. The molecule has 0 atom stereocenters. The summed E-state index contributed by atoms with van der Waals surface area (Å²) in [6.45, 7) is 0.311. The van der Waals surface area contributed by atoms with E-state index in [1.807, 2.05) is 0 Å². The van der Waals surface area contributed by atoms with Gasteiger partial charge in [0.25, 0.3) is 0 Å². The predicted molar refractivity (Wildman–Crippen MR) is 134 cm³/mol. The van der Waals surface area contributed by atoms with Crippen LogP contribution < -0.4 is 0 Å². The fourth-order valence-corrected chi connectivity index (χ4v) is 3.29. The summed E-state index contributed by atoms with van der Waals surface area (Å²) in [5, 5.41) is 23.6. The smallest absolute Gasteiger partial charge is 0.181 e. The molecule has 0 unspecified atom stereocenters. The minimum atomic E-state index is 0.194. The lowest BCUT2D eigenvalue weighted by molar-refractivity contribution is 0.282. The Morgan fingerprint density at radius 3 is 1.78 bits per heavy atom. The minimum Gasteiger partial charge on any atom is -0.396 e. The molecule has 0 bridgehead atoms. The van der Waals surface area contributed by atoms with Crippen LogP contribution in [0.15, 0.2) is 78.9 Å². The summed E-state index contributed by atoms with van der Waals surface area (Å²) in [4.78, 5) is 0. The third kappa shape index (κ3) is 10.5. The van der Waals surface area contributed by atoms with E-state index < -0.39 is 0 Å². The van der Waals surface area contributed by atoms with Crippen LogP contribution in [0, 0.1) is 22.7 Å². The lowest BCUT2D eigenvalue weighted by Gasteiger charge is -2.11. The molecular weight excluding hydrogens is 439 g/mol. The van der Waals surface area contributed by atoms with Crippen LogP contribution >= 0.6 is 23.2 Å². The van der Waals surface area contributed by atoms with Crippen molar-refractivity contribution in [2.75, 3.05) is 11.9 Å². The summed E-state index contributed by atoms with van der Waals surface area (Å²) < 4.78 is 0. The molecule has 3 rings (SSSR count). The SMILES string of the molecule is ClCCl.N#CC#N.OCCCCCCc1cccc(-c2ccccc2-c2ccccc2)c1. The molecule has 0 amide bonds. The van der Waals surface area contributed by atoms with Gasteiger partial charge in [-0.1, -0.05) is 91.7 Å². The molecule has 0 saturated carbocycles. The van der Waals surface area contributed by atoms with Gasteiger partial charge in [-0.3, -0.25) is 0 Å². The van der Waals surface area contributed by atoms with Crippen LogP contribution in [0.5, 0.6) is 0 Å². The zero-order valence-electron chi connectivity index (χ0n) is 18.1. The van der Waals surface area contributed by atoms with Crippen molar-refractivity contribution in [3.63, 3.8) is 0 Å². The normalized spacial score (nSPS) is 9.28. The van der Waals surface area contributed by atoms with Gasteiger partial charge < -0.3 is 5.11 Å². The lowest BCUT2D eigenvalue weighted by Crippen LogP contribution is -1.90. The monoisotopic (exact) mass is 466 g/mol. The number of nitrogens with zero attached hydrogens (tertiary/aromatic N) is 2. The minimum absolute atomic E-state index is 0.194. The molecule has 1 N–H and O–H groups in total. The molecule has 166 valence electrons. The molecule has 0 radical (unpaired) electrons. The van der Waals surface area contributed by atoms with Gasteiger partial charge >= 0.3 is 0 Å². The molecule has 0 fully saturated rings. The van der Waals surface area contributed by atoms with Crippen LogP contribution in [0.25, 0.3) is 22.3 Å². The van der Waals surface area contributed by atoms with Gasteiger partial charge in [0.15, 0.2) is 12.1 Å². The number of aliphatic hydroxyl groups is 1. The van der Waals surface area contributed by atoms with Crippen molar-refractivity contribution in [3.05, 3.63) is 84.4 Å². The van der Waals surface area contributed by atoms with Crippen LogP contribution in [0.1, 0.15) is 31.2 Å². The van der Waals surface area contributed by atoms with Crippen molar-refractivity contribution in [1.29, 1.82) is 10.5 Å². The number of alkyl halides is 2. The van der Waals surface area contributed by atoms with E-state index in [1.165, 1.54) is 52.8 Å². The molecule has 0 aliphatic rings. The van der Waals surface area contributed by atoms with Crippen LogP contribution in [0.4, 0.5) is 0 Å². The molecule has 0 aliphatic carbocycles. The largest absolute Gasteiger partial charge is 0.396 e. The first-order valence-electron chi connectivity index (χ1n) is 10.5.